The number of hydrogen-bond donors (Lipinski definition) is 2. The Morgan fingerprint density at radius 1 is 1.53 bits per heavy atom. The highest BCUT2D eigenvalue weighted by molar-refractivity contribution is 5.93. The number of anilines is 1. The van der Waals surface area contributed by atoms with Gasteiger partial charge in [-0.1, -0.05) is 0 Å². The number of nitrogens with two attached hydrogens (primary N) is 1. The van der Waals surface area contributed by atoms with Crippen LogP contribution in [0.1, 0.15) is 30.4 Å². The Bertz CT molecular complexity index is 419. The van der Waals surface area contributed by atoms with Gasteiger partial charge in [-0.2, -0.15) is 0 Å². The van der Waals surface area contributed by atoms with Gasteiger partial charge >= 0.3 is 0 Å². The van der Waals surface area contributed by atoms with E-state index < -0.39 is 13.0 Å². The highest BCUT2D eigenvalue weighted by Crippen LogP contribution is 2.16. The van der Waals surface area contributed by atoms with E-state index in [0.717, 1.165) is 0 Å². The first kappa shape index (κ1) is 15.4. The van der Waals surface area contributed by atoms with Crippen molar-refractivity contribution >= 4 is 11.6 Å². The number of amides is 1. The van der Waals surface area contributed by atoms with Crippen molar-refractivity contribution in [3.8, 4) is 0 Å². The van der Waals surface area contributed by atoms with Crippen molar-refractivity contribution in [3.63, 3.8) is 0 Å². The maximum Gasteiger partial charge on any atom is 0.268 e. The summed E-state index contributed by atoms with van der Waals surface area (Å²) in [6, 6.07) is 1.68. The molecule has 19 heavy (non-hydrogen) atoms. The molecule has 0 spiro atoms. The van der Waals surface area contributed by atoms with Crippen molar-refractivity contribution in [2.45, 2.75) is 26.3 Å². The molecule has 3 N–H and O–H groups in total. The molecule has 1 aromatic rings. The number of halogens is 2. The SMILES string of the molecule is CC(C)n1cc(N)cc1C(=O)NCCOCC(F)F. The van der Waals surface area contributed by atoms with E-state index >= 15 is 0 Å². The van der Waals surface area contributed by atoms with E-state index in [9.17, 15) is 13.6 Å². The zero-order chi connectivity index (χ0) is 14.4. The summed E-state index contributed by atoms with van der Waals surface area (Å²) in [6.45, 7) is 3.47. The summed E-state index contributed by atoms with van der Waals surface area (Å²) in [4.78, 5) is 11.9. The van der Waals surface area contributed by atoms with Crippen LogP contribution in [0, 0.1) is 0 Å². The lowest BCUT2D eigenvalue weighted by molar-refractivity contribution is 0.0188. The van der Waals surface area contributed by atoms with Gasteiger partial charge in [0.15, 0.2) is 0 Å². The number of carbonyl (C=O) groups is 1. The smallest absolute Gasteiger partial charge is 0.268 e. The summed E-state index contributed by atoms with van der Waals surface area (Å²) >= 11 is 0. The second-order valence-corrected chi connectivity index (χ2v) is 4.38. The minimum atomic E-state index is -2.49. The molecule has 1 amide bonds. The van der Waals surface area contributed by atoms with E-state index in [4.69, 9.17) is 5.73 Å². The van der Waals surface area contributed by atoms with E-state index in [1.165, 1.54) is 0 Å². The molecule has 0 saturated carbocycles. The highest BCUT2D eigenvalue weighted by Gasteiger charge is 2.14. The Kier molecular flexibility index (Phi) is 5.75. The fourth-order valence-corrected chi connectivity index (χ4v) is 1.61. The number of carbonyl (C=O) groups excluding carboxylic acids is 1. The molecule has 0 aliphatic rings. The van der Waals surface area contributed by atoms with Crippen molar-refractivity contribution in [2.75, 3.05) is 25.5 Å². The van der Waals surface area contributed by atoms with E-state index in [2.05, 4.69) is 10.1 Å². The molecule has 1 heterocycles. The van der Waals surface area contributed by atoms with Gasteiger partial charge in [0.1, 0.15) is 12.3 Å². The van der Waals surface area contributed by atoms with Gasteiger partial charge in [0.25, 0.3) is 12.3 Å². The van der Waals surface area contributed by atoms with Crippen LogP contribution in [-0.2, 0) is 4.74 Å². The Hall–Kier alpha value is -1.63. The molecular weight excluding hydrogens is 256 g/mol. The van der Waals surface area contributed by atoms with Gasteiger partial charge in [0, 0.05) is 18.8 Å². The van der Waals surface area contributed by atoms with Gasteiger partial charge in [0.2, 0.25) is 0 Å². The first-order chi connectivity index (χ1) is 8.91. The van der Waals surface area contributed by atoms with Crippen molar-refractivity contribution in [1.29, 1.82) is 0 Å². The number of rotatable bonds is 7. The quantitative estimate of drug-likeness (QED) is 0.744. The molecule has 5 nitrogen and oxygen atoms in total. The van der Waals surface area contributed by atoms with Crippen LogP contribution in [0.3, 0.4) is 0 Å². The molecule has 1 aromatic heterocycles. The number of nitrogens with zero attached hydrogens (tertiary/aromatic N) is 1. The molecule has 0 aliphatic heterocycles. The Morgan fingerprint density at radius 2 is 2.21 bits per heavy atom. The van der Waals surface area contributed by atoms with Gasteiger partial charge in [-0.15, -0.1) is 0 Å². The summed E-state index contributed by atoms with van der Waals surface area (Å²) < 4.78 is 30.0. The second kappa shape index (κ2) is 7.08. The predicted molar refractivity (Wildman–Crippen MR) is 68.4 cm³/mol. The minimum Gasteiger partial charge on any atom is -0.397 e. The van der Waals surface area contributed by atoms with Crippen molar-refractivity contribution in [1.82, 2.24) is 9.88 Å². The maximum atomic E-state index is 11.9. The molecule has 0 radical (unpaired) electrons. The number of nitrogen functional groups attached to an aromatic ring is 1. The minimum absolute atomic E-state index is 0.0496. The number of ether oxygens (including phenoxy) is 1. The summed E-state index contributed by atoms with van der Waals surface area (Å²) in [5.74, 6) is -0.300. The second-order valence-electron chi connectivity index (χ2n) is 4.38. The van der Waals surface area contributed by atoms with Crippen LogP contribution in [0.4, 0.5) is 14.5 Å². The predicted octanol–water partition coefficient (Wildman–Crippen LogP) is 1.66. The molecule has 108 valence electrons. The van der Waals surface area contributed by atoms with E-state index in [0.29, 0.717) is 11.4 Å². The summed E-state index contributed by atoms with van der Waals surface area (Å²) in [5, 5.41) is 2.60. The number of aromatic nitrogens is 1. The van der Waals surface area contributed by atoms with Crippen LogP contribution in [0.5, 0.6) is 0 Å². The van der Waals surface area contributed by atoms with E-state index in [-0.39, 0.29) is 25.1 Å². The van der Waals surface area contributed by atoms with Crippen LogP contribution in [-0.4, -0.2) is 36.7 Å². The number of alkyl halides is 2. The molecule has 0 aliphatic carbocycles. The zero-order valence-electron chi connectivity index (χ0n) is 11.0. The van der Waals surface area contributed by atoms with Crippen LogP contribution < -0.4 is 11.1 Å². The van der Waals surface area contributed by atoms with Crippen molar-refractivity contribution < 1.29 is 18.3 Å². The molecule has 0 bridgehead atoms. The third-order valence-corrected chi connectivity index (χ3v) is 2.43. The Labute approximate surface area is 110 Å². The van der Waals surface area contributed by atoms with Gasteiger partial charge in [-0.3, -0.25) is 4.79 Å². The highest BCUT2D eigenvalue weighted by atomic mass is 19.3. The fourth-order valence-electron chi connectivity index (χ4n) is 1.61. The number of hydrogen-bond acceptors (Lipinski definition) is 3. The Balaban J connectivity index is 2.45. The zero-order valence-corrected chi connectivity index (χ0v) is 11.0. The maximum absolute atomic E-state index is 11.9. The Morgan fingerprint density at radius 3 is 2.79 bits per heavy atom. The van der Waals surface area contributed by atoms with Crippen LogP contribution in [0.2, 0.25) is 0 Å². The molecule has 0 fully saturated rings. The third kappa shape index (κ3) is 4.86. The molecule has 7 heteroatoms. The molecule has 0 saturated heterocycles. The normalized spacial score (nSPS) is 11.3. The fraction of sp³-hybridized carbons (Fsp3) is 0.583. The first-order valence-electron chi connectivity index (χ1n) is 6.03. The van der Waals surface area contributed by atoms with Gasteiger partial charge < -0.3 is 20.4 Å². The summed E-state index contributed by atoms with van der Waals surface area (Å²) in [6.07, 6.45) is -0.805. The average molecular weight is 275 g/mol. The van der Waals surface area contributed by atoms with E-state index in [1.54, 1.807) is 16.8 Å². The molecule has 0 atom stereocenters. The van der Waals surface area contributed by atoms with Crippen LogP contribution >= 0.6 is 0 Å². The molecule has 0 unspecified atom stereocenters. The number of nitrogens with one attached hydrogen (secondary N) is 1. The van der Waals surface area contributed by atoms with E-state index in [1.807, 2.05) is 13.8 Å². The monoisotopic (exact) mass is 275 g/mol. The topological polar surface area (TPSA) is 69.3 Å². The molecule has 1 rings (SSSR count). The van der Waals surface area contributed by atoms with Crippen LogP contribution in [0.25, 0.3) is 0 Å². The summed E-state index contributed by atoms with van der Waals surface area (Å²) in [7, 11) is 0. The lowest BCUT2D eigenvalue weighted by Crippen LogP contribution is -2.29. The lowest BCUT2D eigenvalue weighted by atomic mass is 10.3. The molecule has 0 aromatic carbocycles. The van der Waals surface area contributed by atoms with Crippen molar-refractivity contribution in [3.05, 3.63) is 18.0 Å². The average Bonchev–Trinajstić information content (AvgIpc) is 2.70. The standard InChI is InChI=1S/C12H19F2N3O2/c1-8(2)17-6-9(15)5-10(17)12(18)16-3-4-19-7-11(13)14/h5-6,8,11H,3-4,7,15H2,1-2H3,(H,16,18). The largest absolute Gasteiger partial charge is 0.397 e. The first-order valence-corrected chi connectivity index (χ1v) is 6.03. The van der Waals surface area contributed by atoms with Crippen LogP contribution in [0.15, 0.2) is 12.3 Å². The van der Waals surface area contributed by atoms with Crippen molar-refractivity contribution in [2.24, 2.45) is 0 Å². The van der Waals surface area contributed by atoms with Gasteiger partial charge in [0.05, 0.1) is 12.3 Å². The molecular formula is C12H19F2N3O2. The van der Waals surface area contributed by atoms with Gasteiger partial charge in [-0.25, -0.2) is 8.78 Å². The summed E-state index contributed by atoms with van der Waals surface area (Å²) in [5.41, 5.74) is 6.61. The third-order valence-electron chi connectivity index (χ3n) is 2.43. The van der Waals surface area contributed by atoms with Gasteiger partial charge in [-0.05, 0) is 19.9 Å². The lowest BCUT2D eigenvalue weighted by Gasteiger charge is -2.12.